The van der Waals surface area contributed by atoms with Crippen LogP contribution in [0.4, 0.5) is 10.1 Å². The number of amides is 2. The smallest absolute Gasteiger partial charge is 0.253 e. The fourth-order valence-electron chi connectivity index (χ4n) is 2.36. The Bertz CT molecular complexity index is 533. The van der Waals surface area contributed by atoms with Crippen LogP contribution in [0, 0.1) is 5.82 Å². The number of hydrogen-bond donors (Lipinski definition) is 2. The van der Waals surface area contributed by atoms with Gasteiger partial charge in [-0.25, -0.2) is 4.39 Å². The minimum atomic E-state index is -0.462. The Morgan fingerprint density at radius 2 is 2.20 bits per heavy atom. The van der Waals surface area contributed by atoms with Crippen molar-refractivity contribution in [2.24, 2.45) is 0 Å². The first-order valence-corrected chi connectivity index (χ1v) is 6.54. The molecule has 0 saturated carbocycles. The van der Waals surface area contributed by atoms with E-state index in [0.717, 1.165) is 0 Å². The number of likely N-dealkylation sites (N-methyl/N-ethyl adjacent to an activating group) is 1. The number of anilines is 1. The molecule has 2 rings (SSSR count). The van der Waals surface area contributed by atoms with E-state index in [4.69, 9.17) is 0 Å². The van der Waals surface area contributed by atoms with Crippen molar-refractivity contribution >= 4 is 17.5 Å². The first-order valence-electron chi connectivity index (χ1n) is 6.54. The standard InChI is InChI=1S/C14H18FN3O2/c1-16-13-10(4-3-5-11(13)15)14(20)17-9-6-7-12(19)18(2)8-9/h3-5,9,16H,6-8H2,1-2H3,(H,17,20). The molecule has 0 bridgehead atoms. The Morgan fingerprint density at radius 3 is 2.85 bits per heavy atom. The molecular formula is C14H18FN3O2. The van der Waals surface area contributed by atoms with Crippen molar-refractivity contribution in [2.75, 3.05) is 26.0 Å². The highest BCUT2D eigenvalue weighted by atomic mass is 19.1. The van der Waals surface area contributed by atoms with E-state index in [1.165, 1.54) is 12.1 Å². The van der Waals surface area contributed by atoms with Crippen molar-refractivity contribution < 1.29 is 14.0 Å². The molecule has 1 atom stereocenters. The van der Waals surface area contributed by atoms with Crippen LogP contribution >= 0.6 is 0 Å². The summed E-state index contributed by atoms with van der Waals surface area (Å²) in [6.45, 7) is 0.481. The topological polar surface area (TPSA) is 61.4 Å². The lowest BCUT2D eigenvalue weighted by atomic mass is 10.0. The lowest BCUT2D eigenvalue weighted by molar-refractivity contribution is -0.132. The Balaban J connectivity index is 2.09. The number of piperidine rings is 1. The molecular weight excluding hydrogens is 261 g/mol. The number of hydrogen-bond acceptors (Lipinski definition) is 3. The number of nitrogens with one attached hydrogen (secondary N) is 2. The monoisotopic (exact) mass is 279 g/mol. The average Bonchev–Trinajstić information content (AvgIpc) is 2.42. The molecule has 1 aliphatic rings. The molecule has 1 aromatic carbocycles. The Hall–Kier alpha value is -2.11. The third-order valence-electron chi connectivity index (χ3n) is 3.47. The minimum absolute atomic E-state index is 0.0807. The van der Waals surface area contributed by atoms with Crippen LogP contribution < -0.4 is 10.6 Å². The summed E-state index contributed by atoms with van der Waals surface area (Å²) in [6, 6.07) is 4.28. The van der Waals surface area contributed by atoms with E-state index in [1.54, 1.807) is 25.1 Å². The Labute approximate surface area is 117 Å². The number of benzene rings is 1. The zero-order valence-corrected chi connectivity index (χ0v) is 11.6. The summed E-state index contributed by atoms with van der Waals surface area (Å²) in [7, 11) is 3.28. The molecule has 5 nitrogen and oxygen atoms in total. The van der Waals surface area contributed by atoms with Crippen molar-refractivity contribution in [3.8, 4) is 0 Å². The maximum absolute atomic E-state index is 13.6. The van der Waals surface area contributed by atoms with Gasteiger partial charge >= 0.3 is 0 Å². The average molecular weight is 279 g/mol. The van der Waals surface area contributed by atoms with E-state index in [2.05, 4.69) is 10.6 Å². The van der Waals surface area contributed by atoms with Crippen LogP contribution in [0.2, 0.25) is 0 Å². The lowest BCUT2D eigenvalue weighted by Gasteiger charge is -2.30. The summed E-state index contributed by atoms with van der Waals surface area (Å²) in [4.78, 5) is 25.2. The zero-order chi connectivity index (χ0) is 14.7. The van der Waals surface area contributed by atoms with Gasteiger partial charge in [-0.1, -0.05) is 6.07 Å². The van der Waals surface area contributed by atoms with Crippen molar-refractivity contribution in [2.45, 2.75) is 18.9 Å². The van der Waals surface area contributed by atoms with Crippen LogP contribution in [-0.4, -0.2) is 43.4 Å². The molecule has 0 aliphatic carbocycles. The van der Waals surface area contributed by atoms with Gasteiger partial charge in [0.2, 0.25) is 5.91 Å². The van der Waals surface area contributed by atoms with E-state index in [1.807, 2.05) is 0 Å². The van der Waals surface area contributed by atoms with Gasteiger partial charge in [-0.05, 0) is 18.6 Å². The van der Waals surface area contributed by atoms with Crippen LogP contribution in [0.3, 0.4) is 0 Å². The number of halogens is 1. The summed E-state index contributed by atoms with van der Waals surface area (Å²) in [6.07, 6.45) is 1.03. The summed E-state index contributed by atoms with van der Waals surface area (Å²) in [5.41, 5.74) is 0.456. The highest BCUT2D eigenvalue weighted by Crippen LogP contribution is 2.20. The molecule has 20 heavy (non-hydrogen) atoms. The first-order chi connectivity index (χ1) is 9.52. The highest BCUT2D eigenvalue weighted by molar-refractivity contribution is 6.00. The summed E-state index contributed by atoms with van der Waals surface area (Å²) in [5, 5.41) is 5.55. The number of rotatable bonds is 3. The van der Waals surface area contributed by atoms with Crippen LogP contribution in [0.5, 0.6) is 0 Å². The molecule has 2 N–H and O–H groups in total. The summed E-state index contributed by atoms with van der Waals surface area (Å²) < 4.78 is 13.6. The van der Waals surface area contributed by atoms with E-state index in [-0.39, 0.29) is 29.1 Å². The molecule has 1 aromatic rings. The Kier molecular flexibility index (Phi) is 4.22. The van der Waals surface area contributed by atoms with Gasteiger partial charge in [0.05, 0.1) is 11.3 Å². The molecule has 1 saturated heterocycles. The third-order valence-corrected chi connectivity index (χ3v) is 3.47. The maximum Gasteiger partial charge on any atom is 0.253 e. The van der Waals surface area contributed by atoms with Gasteiger partial charge in [0.25, 0.3) is 5.91 Å². The summed E-state index contributed by atoms with van der Waals surface area (Å²) >= 11 is 0. The van der Waals surface area contributed by atoms with Gasteiger partial charge in [-0.2, -0.15) is 0 Å². The molecule has 0 spiro atoms. The van der Waals surface area contributed by atoms with Crippen LogP contribution in [0.25, 0.3) is 0 Å². The number of carbonyl (C=O) groups excluding carboxylic acids is 2. The van der Waals surface area contributed by atoms with Gasteiger partial charge in [-0.15, -0.1) is 0 Å². The van der Waals surface area contributed by atoms with Crippen molar-refractivity contribution in [3.05, 3.63) is 29.6 Å². The van der Waals surface area contributed by atoms with E-state index >= 15 is 0 Å². The Morgan fingerprint density at radius 1 is 1.45 bits per heavy atom. The summed E-state index contributed by atoms with van der Waals surface area (Å²) in [5.74, 6) is -0.713. The van der Waals surface area contributed by atoms with E-state index in [9.17, 15) is 14.0 Å². The first kappa shape index (κ1) is 14.3. The largest absolute Gasteiger partial charge is 0.385 e. The number of likely N-dealkylation sites (tertiary alicyclic amines) is 1. The van der Waals surface area contributed by atoms with Crippen LogP contribution in [0.1, 0.15) is 23.2 Å². The number of para-hydroxylation sites is 1. The highest BCUT2D eigenvalue weighted by Gasteiger charge is 2.25. The number of nitrogens with zero attached hydrogens (tertiary/aromatic N) is 1. The van der Waals surface area contributed by atoms with Gasteiger partial charge in [0.15, 0.2) is 0 Å². The van der Waals surface area contributed by atoms with Crippen molar-refractivity contribution in [1.82, 2.24) is 10.2 Å². The molecule has 1 fully saturated rings. The minimum Gasteiger partial charge on any atom is -0.385 e. The number of carbonyl (C=O) groups is 2. The molecule has 0 radical (unpaired) electrons. The fourth-order valence-corrected chi connectivity index (χ4v) is 2.36. The molecule has 1 unspecified atom stereocenters. The van der Waals surface area contributed by atoms with Gasteiger partial charge < -0.3 is 15.5 Å². The second kappa shape index (κ2) is 5.90. The van der Waals surface area contributed by atoms with Gasteiger partial charge in [0.1, 0.15) is 5.82 Å². The van der Waals surface area contributed by atoms with E-state index < -0.39 is 5.82 Å². The SMILES string of the molecule is CNc1c(F)cccc1C(=O)NC1CCC(=O)N(C)C1. The maximum atomic E-state index is 13.6. The van der Waals surface area contributed by atoms with E-state index in [0.29, 0.717) is 19.4 Å². The quantitative estimate of drug-likeness (QED) is 0.874. The molecule has 108 valence electrons. The molecule has 1 heterocycles. The zero-order valence-electron chi connectivity index (χ0n) is 11.6. The molecule has 1 aliphatic heterocycles. The van der Waals surface area contributed by atoms with Crippen molar-refractivity contribution in [1.29, 1.82) is 0 Å². The second-order valence-corrected chi connectivity index (χ2v) is 4.90. The second-order valence-electron chi connectivity index (χ2n) is 4.90. The van der Waals surface area contributed by atoms with Crippen LogP contribution in [0.15, 0.2) is 18.2 Å². The molecule has 6 heteroatoms. The van der Waals surface area contributed by atoms with Crippen LogP contribution in [-0.2, 0) is 4.79 Å². The van der Waals surface area contributed by atoms with Gasteiger partial charge in [-0.3, -0.25) is 9.59 Å². The predicted molar refractivity (Wildman–Crippen MR) is 74.1 cm³/mol. The van der Waals surface area contributed by atoms with Crippen molar-refractivity contribution in [3.63, 3.8) is 0 Å². The predicted octanol–water partition coefficient (Wildman–Crippen LogP) is 1.22. The normalized spacial score (nSPS) is 18.9. The molecule has 2 amide bonds. The fraction of sp³-hybridized carbons (Fsp3) is 0.429. The van der Waals surface area contributed by atoms with Gasteiger partial charge in [0, 0.05) is 33.1 Å². The lowest BCUT2D eigenvalue weighted by Crippen LogP contribution is -2.48. The molecule has 0 aromatic heterocycles. The third kappa shape index (κ3) is 2.89.